The van der Waals surface area contributed by atoms with Crippen LogP contribution in [0, 0.1) is 5.92 Å². The molecule has 1 fully saturated rings. The molecule has 0 bridgehead atoms. The lowest BCUT2D eigenvalue weighted by molar-refractivity contribution is 0.165. The van der Waals surface area contributed by atoms with Crippen LogP contribution >= 0.6 is 34.8 Å². The second-order valence-corrected chi connectivity index (χ2v) is 7.88. The van der Waals surface area contributed by atoms with E-state index in [1.54, 1.807) is 0 Å². The molecule has 8 heteroatoms. The highest BCUT2D eigenvalue weighted by Gasteiger charge is 2.33. The van der Waals surface area contributed by atoms with Crippen LogP contribution in [-0.2, 0) is 10.0 Å². The summed E-state index contributed by atoms with van der Waals surface area (Å²) in [6.45, 7) is 0.635. The van der Waals surface area contributed by atoms with E-state index in [0.29, 0.717) is 13.0 Å². The van der Waals surface area contributed by atoms with Crippen molar-refractivity contribution in [2.45, 2.75) is 17.7 Å². The Morgan fingerprint density at radius 3 is 2.40 bits per heavy atom. The number of hydrogen-bond acceptors (Lipinski definition) is 3. The molecule has 20 heavy (non-hydrogen) atoms. The third-order valence-electron chi connectivity index (χ3n) is 3.30. The zero-order chi connectivity index (χ0) is 14.9. The predicted octanol–water partition coefficient (Wildman–Crippen LogP) is 3.04. The number of sulfonamides is 1. The second kappa shape index (κ2) is 6.38. The zero-order valence-electron chi connectivity index (χ0n) is 10.5. The fourth-order valence-electron chi connectivity index (χ4n) is 2.30. The number of hydrogen-bond donors (Lipinski definition) is 1. The summed E-state index contributed by atoms with van der Waals surface area (Å²) >= 11 is 17.8. The van der Waals surface area contributed by atoms with Gasteiger partial charge in [-0.05, 0) is 30.9 Å². The molecule has 1 aromatic rings. The first-order chi connectivity index (χ1) is 9.36. The standard InChI is InChI=1S/C12H14Cl3NO3S/c13-9-4-10(14)12(11(15)5-9)20(18,19)16-3-1-2-8(6-16)7-17/h4-5,8,17H,1-3,6-7H2. The molecular weight excluding hydrogens is 345 g/mol. The van der Waals surface area contributed by atoms with Gasteiger partial charge in [0.15, 0.2) is 0 Å². The smallest absolute Gasteiger partial charge is 0.246 e. The molecule has 112 valence electrons. The lowest BCUT2D eigenvalue weighted by Gasteiger charge is -2.31. The summed E-state index contributed by atoms with van der Waals surface area (Å²) in [4.78, 5) is -0.121. The summed E-state index contributed by atoms with van der Waals surface area (Å²) in [6, 6.07) is 2.71. The molecule has 1 aromatic carbocycles. The van der Waals surface area contributed by atoms with Crippen LogP contribution < -0.4 is 0 Å². The van der Waals surface area contributed by atoms with Crippen molar-refractivity contribution in [3.05, 3.63) is 27.2 Å². The van der Waals surface area contributed by atoms with Crippen LogP contribution in [0.3, 0.4) is 0 Å². The number of aliphatic hydroxyl groups is 1. The number of benzene rings is 1. The topological polar surface area (TPSA) is 57.6 Å². The van der Waals surface area contributed by atoms with Crippen molar-refractivity contribution in [2.24, 2.45) is 5.92 Å². The maximum absolute atomic E-state index is 12.6. The van der Waals surface area contributed by atoms with Crippen LogP contribution in [0.25, 0.3) is 0 Å². The highest BCUT2D eigenvalue weighted by Crippen LogP contribution is 2.35. The Balaban J connectivity index is 2.40. The first kappa shape index (κ1) is 16.3. The number of halogens is 3. The van der Waals surface area contributed by atoms with Crippen LogP contribution in [0.5, 0.6) is 0 Å². The van der Waals surface area contributed by atoms with E-state index in [0.717, 1.165) is 6.42 Å². The van der Waals surface area contributed by atoms with Gasteiger partial charge >= 0.3 is 0 Å². The number of piperidine rings is 1. The van der Waals surface area contributed by atoms with E-state index in [-0.39, 0.29) is 39.0 Å². The Bertz CT molecular complexity index is 583. The quantitative estimate of drug-likeness (QED) is 0.903. The Kier molecular flexibility index (Phi) is 5.21. The molecule has 1 N–H and O–H groups in total. The Labute approximate surface area is 133 Å². The van der Waals surface area contributed by atoms with Gasteiger partial charge in [-0.1, -0.05) is 34.8 Å². The van der Waals surface area contributed by atoms with Crippen LogP contribution in [-0.4, -0.2) is 37.5 Å². The molecule has 0 amide bonds. The molecule has 1 saturated heterocycles. The molecule has 0 spiro atoms. The molecule has 0 aliphatic carbocycles. The third kappa shape index (κ3) is 3.24. The van der Waals surface area contributed by atoms with Gasteiger partial charge in [-0.25, -0.2) is 8.42 Å². The van der Waals surface area contributed by atoms with Gasteiger partial charge in [0.1, 0.15) is 4.90 Å². The molecular formula is C12H14Cl3NO3S. The Morgan fingerprint density at radius 2 is 1.85 bits per heavy atom. The monoisotopic (exact) mass is 357 g/mol. The number of rotatable bonds is 3. The minimum atomic E-state index is -3.78. The van der Waals surface area contributed by atoms with Crippen molar-refractivity contribution < 1.29 is 13.5 Å². The fraction of sp³-hybridized carbons (Fsp3) is 0.500. The van der Waals surface area contributed by atoms with Gasteiger partial charge in [-0.3, -0.25) is 0 Å². The van der Waals surface area contributed by atoms with Gasteiger partial charge in [0, 0.05) is 24.7 Å². The van der Waals surface area contributed by atoms with E-state index in [1.165, 1.54) is 16.4 Å². The predicted molar refractivity (Wildman–Crippen MR) is 80.0 cm³/mol. The average molecular weight is 359 g/mol. The molecule has 4 nitrogen and oxygen atoms in total. The van der Waals surface area contributed by atoms with E-state index < -0.39 is 10.0 Å². The summed E-state index contributed by atoms with van der Waals surface area (Å²) in [5, 5.41) is 9.50. The Morgan fingerprint density at radius 1 is 1.25 bits per heavy atom. The van der Waals surface area contributed by atoms with Crippen LogP contribution in [0.4, 0.5) is 0 Å². The maximum Gasteiger partial charge on any atom is 0.246 e. The van der Waals surface area contributed by atoms with Crippen molar-refractivity contribution in [2.75, 3.05) is 19.7 Å². The van der Waals surface area contributed by atoms with Crippen molar-refractivity contribution in [1.82, 2.24) is 4.31 Å². The van der Waals surface area contributed by atoms with E-state index >= 15 is 0 Å². The first-order valence-electron chi connectivity index (χ1n) is 6.12. The van der Waals surface area contributed by atoms with Crippen molar-refractivity contribution in [3.63, 3.8) is 0 Å². The van der Waals surface area contributed by atoms with Gasteiger partial charge in [-0.2, -0.15) is 4.31 Å². The molecule has 0 aromatic heterocycles. The maximum atomic E-state index is 12.6. The van der Waals surface area contributed by atoms with Crippen molar-refractivity contribution in [3.8, 4) is 0 Å². The lowest BCUT2D eigenvalue weighted by atomic mass is 10.0. The Hall–Kier alpha value is -0.0400. The van der Waals surface area contributed by atoms with E-state index in [2.05, 4.69) is 0 Å². The summed E-state index contributed by atoms with van der Waals surface area (Å²) < 4.78 is 26.6. The molecule has 1 atom stereocenters. The van der Waals surface area contributed by atoms with E-state index in [1.807, 2.05) is 0 Å². The van der Waals surface area contributed by atoms with Crippen LogP contribution in [0.15, 0.2) is 17.0 Å². The summed E-state index contributed by atoms with van der Waals surface area (Å²) in [5.74, 6) is -0.0524. The summed E-state index contributed by atoms with van der Waals surface area (Å²) in [6.07, 6.45) is 1.51. The highest BCUT2D eigenvalue weighted by atomic mass is 35.5. The highest BCUT2D eigenvalue weighted by molar-refractivity contribution is 7.89. The summed E-state index contributed by atoms with van der Waals surface area (Å²) in [5.41, 5.74) is 0. The normalized spacial score (nSPS) is 21.1. The van der Waals surface area contributed by atoms with Gasteiger partial charge in [0.25, 0.3) is 0 Å². The molecule has 0 saturated carbocycles. The SMILES string of the molecule is O=S(=O)(c1c(Cl)cc(Cl)cc1Cl)N1CCCC(CO)C1. The van der Waals surface area contributed by atoms with Gasteiger partial charge < -0.3 is 5.11 Å². The largest absolute Gasteiger partial charge is 0.396 e. The molecule has 2 rings (SSSR count). The lowest BCUT2D eigenvalue weighted by Crippen LogP contribution is -2.41. The van der Waals surface area contributed by atoms with Crippen molar-refractivity contribution >= 4 is 44.8 Å². The number of nitrogens with zero attached hydrogens (tertiary/aromatic N) is 1. The average Bonchev–Trinajstić information content (AvgIpc) is 2.37. The molecule has 1 aliphatic heterocycles. The molecule has 0 radical (unpaired) electrons. The van der Waals surface area contributed by atoms with Crippen LogP contribution in [0.1, 0.15) is 12.8 Å². The van der Waals surface area contributed by atoms with Gasteiger partial charge in [0.05, 0.1) is 10.0 Å². The minimum Gasteiger partial charge on any atom is -0.396 e. The van der Waals surface area contributed by atoms with Gasteiger partial charge in [0.2, 0.25) is 10.0 Å². The molecule has 1 aliphatic rings. The van der Waals surface area contributed by atoms with E-state index in [4.69, 9.17) is 34.8 Å². The van der Waals surface area contributed by atoms with Gasteiger partial charge in [-0.15, -0.1) is 0 Å². The second-order valence-electron chi connectivity index (χ2n) is 4.75. The molecule has 1 heterocycles. The van der Waals surface area contributed by atoms with E-state index in [9.17, 15) is 13.5 Å². The zero-order valence-corrected chi connectivity index (χ0v) is 13.6. The van der Waals surface area contributed by atoms with Crippen molar-refractivity contribution in [1.29, 1.82) is 0 Å². The fourth-order valence-corrected chi connectivity index (χ4v) is 5.35. The first-order valence-corrected chi connectivity index (χ1v) is 8.69. The number of aliphatic hydroxyl groups excluding tert-OH is 1. The summed E-state index contributed by atoms with van der Waals surface area (Å²) in [7, 11) is -3.78. The third-order valence-corrected chi connectivity index (χ3v) is 6.31. The molecule has 1 unspecified atom stereocenters. The minimum absolute atomic E-state index is 0.00798. The van der Waals surface area contributed by atoms with Crippen LogP contribution in [0.2, 0.25) is 15.1 Å².